The molecule has 0 atom stereocenters. The van der Waals surface area contributed by atoms with Crippen molar-refractivity contribution in [3.8, 4) is 0 Å². The predicted molar refractivity (Wildman–Crippen MR) is 100 cm³/mol. The summed E-state index contributed by atoms with van der Waals surface area (Å²) in [6, 6.07) is 16.5. The Balaban J connectivity index is 1.72. The molecule has 0 spiro atoms. The number of benzene rings is 3. The van der Waals surface area contributed by atoms with E-state index in [9.17, 15) is 21.6 Å². The summed E-state index contributed by atoms with van der Waals surface area (Å²) in [6.45, 7) is 1.54. The Morgan fingerprint density at radius 3 is 2.25 bits per heavy atom. The Kier molecular flexibility index (Phi) is 5.42. The Morgan fingerprint density at radius 2 is 1.61 bits per heavy atom. The molecule has 0 bridgehead atoms. The first kappa shape index (κ1) is 19.9. The van der Waals surface area contributed by atoms with E-state index < -0.39 is 21.9 Å². The lowest BCUT2D eigenvalue weighted by atomic mass is 10.1. The van der Waals surface area contributed by atoms with E-state index >= 15 is 0 Å². The SMILES string of the molecule is C/C(Cc1ccc(C(F)(F)F)cc1)=N\OS(=O)(=O)c1ccc2ccccc2c1. The molecule has 0 radical (unpaired) electrons. The highest BCUT2D eigenvalue weighted by atomic mass is 32.2. The van der Waals surface area contributed by atoms with E-state index in [1.54, 1.807) is 18.2 Å². The van der Waals surface area contributed by atoms with Gasteiger partial charge in [-0.05, 0) is 47.5 Å². The van der Waals surface area contributed by atoms with Gasteiger partial charge in [-0.15, -0.1) is 0 Å². The predicted octanol–water partition coefficient (Wildman–Crippen LogP) is 5.18. The summed E-state index contributed by atoms with van der Waals surface area (Å²) in [5.74, 6) is 0. The highest BCUT2D eigenvalue weighted by Gasteiger charge is 2.29. The van der Waals surface area contributed by atoms with E-state index in [4.69, 9.17) is 4.28 Å². The van der Waals surface area contributed by atoms with E-state index in [0.717, 1.165) is 22.9 Å². The van der Waals surface area contributed by atoms with Gasteiger partial charge in [-0.1, -0.05) is 47.6 Å². The summed E-state index contributed by atoms with van der Waals surface area (Å²) < 4.78 is 67.2. The minimum atomic E-state index is -4.40. The molecule has 0 saturated carbocycles. The van der Waals surface area contributed by atoms with Gasteiger partial charge in [0.1, 0.15) is 4.90 Å². The topological polar surface area (TPSA) is 55.7 Å². The minimum absolute atomic E-state index is 0.0303. The van der Waals surface area contributed by atoms with Crippen molar-refractivity contribution >= 4 is 26.6 Å². The third-order valence-corrected chi connectivity index (χ3v) is 5.14. The van der Waals surface area contributed by atoms with Crippen LogP contribution < -0.4 is 0 Å². The molecular weight excluding hydrogens is 391 g/mol. The Bertz CT molecular complexity index is 1120. The number of fused-ring (bicyclic) bond motifs is 1. The lowest BCUT2D eigenvalue weighted by molar-refractivity contribution is -0.137. The van der Waals surface area contributed by atoms with Crippen molar-refractivity contribution in [2.75, 3.05) is 0 Å². The summed E-state index contributed by atoms with van der Waals surface area (Å²) in [5, 5.41) is 5.27. The van der Waals surface area contributed by atoms with E-state index in [1.165, 1.54) is 31.2 Å². The Hall–Kier alpha value is -2.87. The molecule has 8 heteroatoms. The maximum atomic E-state index is 12.6. The molecule has 0 fully saturated rings. The molecule has 0 unspecified atom stereocenters. The van der Waals surface area contributed by atoms with Gasteiger partial charge in [0.25, 0.3) is 0 Å². The first-order valence-corrected chi connectivity index (χ1v) is 9.68. The second-order valence-corrected chi connectivity index (χ2v) is 7.76. The zero-order chi connectivity index (χ0) is 20.4. The van der Waals surface area contributed by atoms with Crippen LogP contribution in [0.15, 0.2) is 76.8 Å². The second kappa shape index (κ2) is 7.63. The van der Waals surface area contributed by atoms with E-state index in [1.807, 2.05) is 12.1 Å². The van der Waals surface area contributed by atoms with E-state index in [0.29, 0.717) is 11.3 Å². The van der Waals surface area contributed by atoms with Crippen LogP contribution in [0.3, 0.4) is 0 Å². The van der Waals surface area contributed by atoms with Gasteiger partial charge in [0.15, 0.2) is 0 Å². The summed E-state index contributed by atoms with van der Waals surface area (Å²) in [6.07, 6.45) is -4.25. The largest absolute Gasteiger partial charge is 0.416 e. The second-order valence-electron chi connectivity index (χ2n) is 6.24. The number of hydrogen-bond acceptors (Lipinski definition) is 4. The normalized spacial score (nSPS) is 12.9. The molecule has 0 aliphatic heterocycles. The van der Waals surface area contributed by atoms with Crippen LogP contribution in [0.1, 0.15) is 18.1 Å². The first-order valence-electron chi connectivity index (χ1n) is 8.27. The van der Waals surface area contributed by atoms with Gasteiger partial charge in [0.05, 0.1) is 11.3 Å². The number of rotatable bonds is 5. The average Bonchev–Trinajstić information content (AvgIpc) is 2.66. The standard InChI is InChI=1S/C20H16F3NO3S/c1-14(12-15-6-9-18(10-7-15)20(21,22)23)24-27-28(25,26)19-11-8-16-4-2-3-5-17(16)13-19/h2-11,13H,12H2,1H3/b24-14+. The van der Waals surface area contributed by atoms with Crippen molar-refractivity contribution in [3.63, 3.8) is 0 Å². The summed E-state index contributed by atoms with van der Waals surface area (Å²) in [7, 11) is -4.10. The number of hydrogen-bond donors (Lipinski definition) is 0. The maximum Gasteiger partial charge on any atom is 0.416 e. The van der Waals surface area contributed by atoms with Crippen molar-refractivity contribution < 1.29 is 25.9 Å². The van der Waals surface area contributed by atoms with Crippen LogP contribution in [0.5, 0.6) is 0 Å². The van der Waals surface area contributed by atoms with Crippen molar-refractivity contribution in [2.45, 2.75) is 24.4 Å². The van der Waals surface area contributed by atoms with Crippen LogP contribution in [-0.4, -0.2) is 14.1 Å². The van der Waals surface area contributed by atoms with E-state index in [-0.39, 0.29) is 11.3 Å². The molecule has 4 nitrogen and oxygen atoms in total. The molecule has 0 N–H and O–H groups in total. The van der Waals surface area contributed by atoms with Crippen molar-refractivity contribution in [1.29, 1.82) is 0 Å². The summed E-state index contributed by atoms with van der Waals surface area (Å²) >= 11 is 0. The van der Waals surface area contributed by atoms with Gasteiger partial charge in [-0.2, -0.15) is 21.6 Å². The summed E-state index contributed by atoms with van der Waals surface area (Å²) in [5.41, 5.74) is 0.117. The van der Waals surface area contributed by atoms with Crippen LogP contribution in [-0.2, 0) is 27.0 Å². The Labute approximate surface area is 160 Å². The molecule has 146 valence electrons. The fraction of sp³-hybridized carbons (Fsp3) is 0.150. The number of alkyl halides is 3. The van der Waals surface area contributed by atoms with Gasteiger partial charge in [-0.25, -0.2) is 0 Å². The molecule has 0 aliphatic rings. The van der Waals surface area contributed by atoms with Crippen molar-refractivity contribution in [2.24, 2.45) is 5.16 Å². The third kappa shape index (κ3) is 4.69. The maximum absolute atomic E-state index is 12.6. The highest BCUT2D eigenvalue weighted by molar-refractivity contribution is 7.86. The molecule has 0 saturated heterocycles. The molecule has 0 heterocycles. The smallest absolute Gasteiger partial charge is 0.265 e. The van der Waals surface area contributed by atoms with Gasteiger partial charge >= 0.3 is 16.3 Å². The fourth-order valence-electron chi connectivity index (χ4n) is 2.62. The van der Waals surface area contributed by atoms with Crippen molar-refractivity contribution in [1.82, 2.24) is 0 Å². The molecule has 0 aromatic heterocycles. The third-order valence-electron chi connectivity index (χ3n) is 4.04. The first-order chi connectivity index (χ1) is 13.1. The molecule has 3 aromatic rings. The number of nitrogens with zero attached hydrogens (tertiary/aromatic N) is 1. The molecule has 3 rings (SSSR count). The van der Waals surface area contributed by atoms with Crippen LogP contribution >= 0.6 is 0 Å². The lowest BCUT2D eigenvalue weighted by Gasteiger charge is -2.08. The molecule has 0 amide bonds. The van der Waals surface area contributed by atoms with E-state index in [2.05, 4.69) is 5.16 Å². The fourth-order valence-corrected chi connectivity index (χ4v) is 3.44. The molecular formula is C20H16F3NO3S. The van der Waals surface area contributed by atoms with Gasteiger partial charge in [0.2, 0.25) is 0 Å². The van der Waals surface area contributed by atoms with Crippen LogP contribution in [0.4, 0.5) is 13.2 Å². The van der Waals surface area contributed by atoms with Crippen molar-refractivity contribution in [3.05, 3.63) is 77.9 Å². The van der Waals surface area contributed by atoms with Gasteiger partial charge in [0, 0.05) is 6.42 Å². The zero-order valence-electron chi connectivity index (χ0n) is 14.8. The number of halogens is 3. The molecule has 3 aromatic carbocycles. The Morgan fingerprint density at radius 1 is 0.964 bits per heavy atom. The number of oxime groups is 1. The summed E-state index contributed by atoms with van der Waals surface area (Å²) in [4.78, 5) is -0.0303. The van der Waals surface area contributed by atoms with Crippen LogP contribution in [0, 0.1) is 0 Å². The average molecular weight is 407 g/mol. The quantitative estimate of drug-likeness (QED) is 0.432. The van der Waals surface area contributed by atoms with Crippen LogP contribution in [0.2, 0.25) is 0 Å². The van der Waals surface area contributed by atoms with Gasteiger partial charge < -0.3 is 0 Å². The highest BCUT2D eigenvalue weighted by Crippen LogP contribution is 2.29. The zero-order valence-corrected chi connectivity index (χ0v) is 15.6. The minimum Gasteiger partial charge on any atom is -0.265 e. The van der Waals surface area contributed by atoms with Crippen LogP contribution in [0.25, 0.3) is 10.8 Å². The van der Waals surface area contributed by atoms with Gasteiger partial charge in [-0.3, -0.25) is 4.28 Å². The monoisotopic (exact) mass is 407 g/mol. The molecule has 28 heavy (non-hydrogen) atoms. The molecule has 0 aliphatic carbocycles. The lowest BCUT2D eigenvalue weighted by Crippen LogP contribution is -2.07.